The zero-order chi connectivity index (χ0) is 13.0. The Bertz CT molecular complexity index is 468. The molecule has 0 unspecified atom stereocenters. The van der Waals surface area contributed by atoms with E-state index in [1.807, 2.05) is 19.9 Å². The third-order valence-corrected chi connectivity index (χ3v) is 2.25. The number of nitrogens with zero attached hydrogens (tertiary/aromatic N) is 1. The van der Waals surface area contributed by atoms with Gasteiger partial charge in [-0.3, -0.25) is 0 Å². The summed E-state index contributed by atoms with van der Waals surface area (Å²) in [6.07, 6.45) is 0.505. The minimum Gasteiger partial charge on any atom is -0.490 e. The number of esters is 1. The van der Waals surface area contributed by atoms with Gasteiger partial charge in [-0.2, -0.15) is 0 Å². The van der Waals surface area contributed by atoms with Crippen molar-refractivity contribution in [1.29, 1.82) is 0 Å². The molecule has 1 aromatic carbocycles. The minimum absolute atomic E-state index is 0.00824. The average Bonchev–Trinajstić information content (AvgIpc) is 2.81. The normalized spacial score (nSPS) is 14.1. The van der Waals surface area contributed by atoms with E-state index in [0.29, 0.717) is 30.2 Å². The molecule has 0 fully saturated rings. The number of benzene rings is 1. The van der Waals surface area contributed by atoms with E-state index < -0.39 is 5.97 Å². The molecule has 0 N–H and O–H groups in total. The van der Waals surface area contributed by atoms with Crippen LogP contribution in [0.25, 0.3) is 0 Å². The van der Waals surface area contributed by atoms with Crippen LogP contribution in [0.2, 0.25) is 0 Å². The Hall–Kier alpha value is -2.04. The van der Waals surface area contributed by atoms with Crippen LogP contribution in [0, 0.1) is 0 Å². The average molecular weight is 249 g/mol. The van der Waals surface area contributed by atoms with Crippen molar-refractivity contribution in [3.63, 3.8) is 0 Å². The summed E-state index contributed by atoms with van der Waals surface area (Å²) in [5.74, 6) is 0.340. The summed E-state index contributed by atoms with van der Waals surface area (Å²) < 4.78 is 10.7. The van der Waals surface area contributed by atoms with Crippen LogP contribution < -0.4 is 4.74 Å². The Morgan fingerprint density at radius 3 is 2.83 bits per heavy atom. The monoisotopic (exact) mass is 249 g/mol. The predicted molar refractivity (Wildman–Crippen MR) is 65.6 cm³/mol. The first-order valence-corrected chi connectivity index (χ1v) is 5.83. The Morgan fingerprint density at radius 2 is 2.17 bits per heavy atom. The molecule has 96 valence electrons. The molecule has 1 aliphatic heterocycles. The number of para-hydroxylation sites is 1. The number of carbonyl (C=O) groups is 1. The maximum absolute atomic E-state index is 12.0. The second kappa shape index (κ2) is 5.53. The molecule has 0 saturated heterocycles. The van der Waals surface area contributed by atoms with Crippen LogP contribution in [0.4, 0.5) is 0 Å². The molecule has 0 aromatic heterocycles. The fourth-order valence-electron chi connectivity index (χ4n) is 1.52. The van der Waals surface area contributed by atoms with Gasteiger partial charge in [-0.15, -0.1) is 0 Å². The first-order chi connectivity index (χ1) is 8.66. The number of oxime groups is 1. The third kappa shape index (κ3) is 3.00. The van der Waals surface area contributed by atoms with E-state index in [9.17, 15) is 4.79 Å². The molecule has 2 rings (SSSR count). The zero-order valence-electron chi connectivity index (χ0n) is 10.4. The number of hydrogen-bond acceptors (Lipinski definition) is 5. The molecule has 5 nitrogen and oxygen atoms in total. The van der Waals surface area contributed by atoms with Gasteiger partial charge < -0.3 is 14.3 Å². The van der Waals surface area contributed by atoms with E-state index in [4.69, 9.17) is 14.3 Å². The largest absolute Gasteiger partial charge is 0.490 e. The molecule has 0 bridgehead atoms. The molecule has 1 aromatic rings. The van der Waals surface area contributed by atoms with E-state index in [1.165, 1.54) is 0 Å². The number of ether oxygens (including phenoxy) is 2. The molecule has 1 heterocycles. The number of rotatable bonds is 3. The standard InChI is InChI=1S/C13H15NO4/c1-9(2)17-11-6-4-3-5-10(11)13(15)18-12-7-8-16-14-12/h3-6,9H,7-8H2,1-2H3. The Balaban J connectivity index is 2.13. The van der Waals surface area contributed by atoms with Crippen LogP contribution in [0.5, 0.6) is 5.75 Å². The van der Waals surface area contributed by atoms with Gasteiger partial charge in [0.25, 0.3) is 0 Å². The summed E-state index contributed by atoms with van der Waals surface area (Å²) in [5, 5.41) is 3.62. The Kier molecular flexibility index (Phi) is 3.82. The molecule has 0 radical (unpaired) electrons. The van der Waals surface area contributed by atoms with E-state index >= 15 is 0 Å². The topological polar surface area (TPSA) is 57.1 Å². The lowest BCUT2D eigenvalue weighted by molar-refractivity contribution is 0.0704. The SMILES string of the molecule is CC(C)Oc1ccccc1C(=O)OC1=NOCC1. The van der Waals surface area contributed by atoms with Gasteiger partial charge in [0.15, 0.2) is 0 Å². The van der Waals surface area contributed by atoms with Gasteiger partial charge >= 0.3 is 5.97 Å². The van der Waals surface area contributed by atoms with Crippen molar-refractivity contribution in [3.8, 4) is 5.75 Å². The smallest absolute Gasteiger partial charge is 0.348 e. The summed E-state index contributed by atoms with van der Waals surface area (Å²) in [6, 6.07) is 6.97. The molecule has 1 aliphatic rings. The summed E-state index contributed by atoms with van der Waals surface area (Å²) in [6.45, 7) is 4.25. The summed E-state index contributed by atoms with van der Waals surface area (Å²) in [5.41, 5.74) is 0.390. The lowest BCUT2D eigenvalue weighted by atomic mass is 10.2. The zero-order valence-corrected chi connectivity index (χ0v) is 10.4. The lowest BCUT2D eigenvalue weighted by Crippen LogP contribution is -2.14. The van der Waals surface area contributed by atoms with Gasteiger partial charge in [-0.05, 0) is 26.0 Å². The minimum atomic E-state index is -0.476. The number of hydrogen-bond donors (Lipinski definition) is 0. The Labute approximate surface area is 105 Å². The second-order valence-corrected chi connectivity index (χ2v) is 4.12. The number of carbonyl (C=O) groups excluding carboxylic acids is 1. The van der Waals surface area contributed by atoms with E-state index in [-0.39, 0.29) is 6.10 Å². The Morgan fingerprint density at radius 1 is 1.39 bits per heavy atom. The van der Waals surface area contributed by atoms with Crippen LogP contribution in [-0.2, 0) is 9.57 Å². The molecular formula is C13H15NO4. The van der Waals surface area contributed by atoms with Crippen LogP contribution >= 0.6 is 0 Å². The van der Waals surface area contributed by atoms with Gasteiger partial charge in [0.2, 0.25) is 5.90 Å². The highest BCUT2D eigenvalue weighted by molar-refractivity contribution is 6.00. The first-order valence-electron chi connectivity index (χ1n) is 5.83. The quantitative estimate of drug-likeness (QED) is 0.772. The fourth-order valence-corrected chi connectivity index (χ4v) is 1.52. The third-order valence-electron chi connectivity index (χ3n) is 2.25. The van der Waals surface area contributed by atoms with Crippen LogP contribution in [0.1, 0.15) is 30.6 Å². The molecule has 18 heavy (non-hydrogen) atoms. The van der Waals surface area contributed by atoms with Gasteiger partial charge in [0.1, 0.15) is 17.9 Å². The molecular weight excluding hydrogens is 234 g/mol. The predicted octanol–water partition coefficient (Wildman–Crippen LogP) is 2.36. The van der Waals surface area contributed by atoms with Crippen molar-refractivity contribution in [1.82, 2.24) is 0 Å². The van der Waals surface area contributed by atoms with Crippen molar-refractivity contribution in [2.24, 2.45) is 5.16 Å². The van der Waals surface area contributed by atoms with Crippen molar-refractivity contribution in [2.75, 3.05) is 6.61 Å². The molecule has 0 amide bonds. The molecule has 0 saturated carbocycles. The highest BCUT2D eigenvalue weighted by Crippen LogP contribution is 2.21. The highest BCUT2D eigenvalue weighted by Gasteiger charge is 2.19. The first kappa shape index (κ1) is 12.4. The van der Waals surface area contributed by atoms with E-state index in [0.717, 1.165) is 0 Å². The highest BCUT2D eigenvalue weighted by atomic mass is 16.7. The van der Waals surface area contributed by atoms with Crippen molar-refractivity contribution >= 4 is 11.9 Å². The lowest BCUT2D eigenvalue weighted by Gasteiger charge is -2.13. The van der Waals surface area contributed by atoms with Crippen molar-refractivity contribution in [2.45, 2.75) is 26.4 Å². The van der Waals surface area contributed by atoms with Crippen LogP contribution in [0.15, 0.2) is 29.4 Å². The maximum atomic E-state index is 12.0. The fraction of sp³-hybridized carbons (Fsp3) is 0.385. The maximum Gasteiger partial charge on any atom is 0.348 e. The summed E-state index contributed by atoms with van der Waals surface area (Å²) >= 11 is 0. The van der Waals surface area contributed by atoms with Gasteiger partial charge in [-0.25, -0.2) is 4.79 Å². The van der Waals surface area contributed by atoms with Crippen molar-refractivity contribution < 1.29 is 19.1 Å². The molecule has 0 atom stereocenters. The van der Waals surface area contributed by atoms with Crippen molar-refractivity contribution in [3.05, 3.63) is 29.8 Å². The van der Waals surface area contributed by atoms with Crippen LogP contribution in [-0.4, -0.2) is 24.6 Å². The van der Waals surface area contributed by atoms with E-state index in [1.54, 1.807) is 18.2 Å². The van der Waals surface area contributed by atoms with Gasteiger partial charge in [0, 0.05) is 0 Å². The van der Waals surface area contributed by atoms with Crippen LogP contribution in [0.3, 0.4) is 0 Å². The summed E-state index contributed by atoms with van der Waals surface area (Å²) in [7, 11) is 0. The summed E-state index contributed by atoms with van der Waals surface area (Å²) in [4.78, 5) is 16.7. The second-order valence-electron chi connectivity index (χ2n) is 4.12. The molecule has 5 heteroatoms. The molecule has 0 spiro atoms. The van der Waals surface area contributed by atoms with E-state index in [2.05, 4.69) is 5.16 Å². The molecule has 0 aliphatic carbocycles. The van der Waals surface area contributed by atoms with Gasteiger partial charge in [-0.1, -0.05) is 17.3 Å². The van der Waals surface area contributed by atoms with Gasteiger partial charge in [0.05, 0.1) is 12.5 Å².